The first-order valence-corrected chi connectivity index (χ1v) is 11.6. The lowest BCUT2D eigenvalue weighted by Gasteiger charge is -2.25. The van der Waals surface area contributed by atoms with Gasteiger partial charge in [-0.25, -0.2) is 9.37 Å². The summed E-state index contributed by atoms with van der Waals surface area (Å²) in [5.41, 5.74) is 1.18. The average molecular weight is 432 g/mol. The third-order valence-corrected chi connectivity index (χ3v) is 6.39. The van der Waals surface area contributed by atoms with Crippen LogP contribution in [0.25, 0.3) is 5.69 Å². The minimum absolute atomic E-state index is 0.0566. The lowest BCUT2D eigenvalue weighted by molar-refractivity contribution is 0.0503. The van der Waals surface area contributed by atoms with Gasteiger partial charge in [0.2, 0.25) is 0 Å². The summed E-state index contributed by atoms with van der Waals surface area (Å²) in [7, 11) is 0. The third-order valence-electron chi connectivity index (χ3n) is 4.88. The smallest absolute Gasteiger partial charge is 0.272 e. The number of aromatic nitrogens is 2. The van der Waals surface area contributed by atoms with Crippen molar-refractivity contribution in [1.82, 2.24) is 14.5 Å². The topological polar surface area (TPSA) is 47.4 Å². The van der Waals surface area contributed by atoms with Crippen LogP contribution in [-0.2, 0) is 11.3 Å². The number of benzene rings is 1. The number of carbonyl (C=O) groups is 1. The number of halogens is 1. The van der Waals surface area contributed by atoms with Crippen LogP contribution >= 0.6 is 23.1 Å². The van der Waals surface area contributed by atoms with Gasteiger partial charge >= 0.3 is 0 Å². The first-order valence-electron chi connectivity index (χ1n) is 9.46. The van der Waals surface area contributed by atoms with Gasteiger partial charge in [-0.3, -0.25) is 9.36 Å². The van der Waals surface area contributed by atoms with Gasteiger partial charge < -0.3 is 9.64 Å². The third kappa shape index (κ3) is 4.55. The van der Waals surface area contributed by atoms with Crippen LogP contribution in [0, 0.1) is 5.82 Å². The highest BCUT2D eigenvalue weighted by molar-refractivity contribution is 7.98. The summed E-state index contributed by atoms with van der Waals surface area (Å²) in [6.07, 6.45) is 5.55. The maximum Gasteiger partial charge on any atom is 0.272 e. The Hall–Kier alpha value is -2.16. The second kappa shape index (κ2) is 9.11. The summed E-state index contributed by atoms with van der Waals surface area (Å²) in [4.78, 5) is 21.0. The van der Waals surface area contributed by atoms with Gasteiger partial charge in [0.05, 0.1) is 18.8 Å². The monoisotopic (exact) mass is 431 g/mol. The fourth-order valence-electron chi connectivity index (χ4n) is 3.48. The van der Waals surface area contributed by atoms with Crippen LogP contribution in [0.3, 0.4) is 0 Å². The van der Waals surface area contributed by atoms with Crippen molar-refractivity contribution in [3.63, 3.8) is 0 Å². The molecule has 8 heteroatoms. The zero-order valence-electron chi connectivity index (χ0n) is 16.1. The van der Waals surface area contributed by atoms with E-state index < -0.39 is 0 Å². The fraction of sp³-hybridized carbons (Fsp3) is 0.333. The van der Waals surface area contributed by atoms with E-state index in [0.717, 1.165) is 24.3 Å². The fourth-order valence-corrected chi connectivity index (χ4v) is 4.74. The van der Waals surface area contributed by atoms with Crippen molar-refractivity contribution in [2.24, 2.45) is 0 Å². The first kappa shape index (κ1) is 20.1. The summed E-state index contributed by atoms with van der Waals surface area (Å²) >= 11 is 3.08. The molecule has 1 aliphatic heterocycles. The van der Waals surface area contributed by atoms with Gasteiger partial charge in [0.25, 0.3) is 5.91 Å². The van der Waals surface area contributed by atoms with E-state index in [1.54, 1.807) is 34.2 Å². The Morgan fingerprint density at radius 3 is 2.86 bits per heavy atom. The molecule has 1 fully saturated rings. The Balaban J connectivity index is 1.67. The summed E-state index contributed by atoms with van der Waals surface area (Å²) in [6.45, 7) is 1.81. The predicted octanol–water partition coefficient (Wildman–Crippen LogP) is 4.62. The first-order chi connectivity index (χ1) is 14.2. The van der Waals surface area contributed by atoms with Gasteiger partial charge in [-0.15, -0.1) is 11.3 Å². The number of ether oxygens (including phenoxy) is 1. The minimum atomic E-state index is -0.315. The standard InChI is InChI=1S/C21H22FN3O2S2/c1-28-21-23-12-19(25(21)16-8-6-15(22)7-9-16)20(26)24(13-17-4-2-10-27-17)14-18-5-3-11-29-18/h3,5-9,11-12,17H,2,4,10,13-14H2,1H3. The molecule has 0 radical (unpaired) electrons. The molecule has 3 aromatic rings. The van der Waals surface area contributed by atoms with Crippen molar-refractivity contribution in [2.45, 2.75) is 30.6 Å². The van der Waals surface area contributed by atoms with Crippen LogP contribution in [0.2, 0.25) is 0 Å². The van der Waals surface area contributed by atoms with Crippen LogP contribution in [0.5, 0.6) is 0 Å². The van der Waals surface area contributed by atoms with Gasteiger partial charge in [-0.1, -0.05) is 17.8 Å². The van der Waals surface area contributed by atoms with Crippen molar-refractivity contribution in [2.75, 3.05) is 19.4 Å². The zero-order valence-corrected chi connectivity index (χ0v) is 17.7. The van der Waals surface area contributed by atoms with E-state index in [1.165, 1.54) is 23.9 Å². The van der Waals surface area contributed by atoms with Crippen molar-refractivity contribution in [3.05, 3.63) is 64.4 Å². The maximum absolute atomic E-state index is 13.6. The lowest BCUT2D eigenvalue weighted by atomic mass is 10.2. The van der Waals surface area contributed by atoms with E-state index in [-0.39, 0.29) is 17.8 Å². The predicted molar refractivity (Wildman–Crippen MR) is 113 cm³/mol. The van der Waals surface area contributed by atoms with Crippen molar-refractivity contribution in [1.29, 1.82) is 0 Å². The molecule has 0 bridgehead atoms. The summed E-state index contributed by atoms with van der Waals surface area (Å²) in [6, 6.07) is 10.1. The van der Waals surface area contributed by atoms with Crippen molar-refractivity contribution < 1.29 is 13.9 Å². The summed E-state index contributed by atoms with van der Waals surface area (Å²) in [5, 5.41) is 2.70. The van der Waals surface area contributed by atoms with E-state index >= 15 is 0 Å². The number of rotatable bonds is 7. The molecule has 0 aliphatic carbocycles. The molecule has 3 heterocycles. The van der Waals surface area contributed by atoms with Crippen LogP contribution in [0.15, 0.2) is 53.1 Å². The summed E-state index contributed by atoms with van der Waals surface area (Å²) < 4.78 is 21.0. The Labute approximate surface area is 177 Å². The number of thioether (sulfide) groups is 1. The van der Waals surface area contributed by atoms with Gasteiger partial charge in [-0.2, -0.15) is 0 Å². The van der Waals surface area contributed by atoms with E-state index in [2.05, 4.69) is 4.98 Å². The molecule has 1 saturated heterocycles. The van der Waals surface area contributed by atoms with Gasteiger partial charge in [0.15, 0.2) is 5.16 Å². The molecule has 4 rings (SSSR count). The number of carbonyl (C=O) groups excluding carboxylic acids is 1. The van der Waals surface area contributed by atoms with Gasteiger partial charge in [0, 0.05) is 23.7 Å². The molecule has 2 aromatic heterocycles. The van der Waals surface area contributed by atoms with E-state index in [4.69, 9.17) is 4.74 Å². The second-order valence-corrected chi connectivity index (χ2v) is 8.65. The molecule has 1 amide bonds. The number of hydrogen-bond acceptors (Lipinski definition) is 5. The lowest BCUT2D eigenvalue weighted by Crippen LogP contribution is -2.37. The van der Waals surface area contributed by atoms with Crippen molar-refractivity contribution in [3.8, 4) is 5.69 Å². The molecule has 0 N–H and O–H groups in total. The Kier molecular flexibility index (Phi) is 6.32. The highest BCUT2D eigenvalue weighted by Crippen LogP contribution is 2.25. The molecule has 152 valence electrons. The van der Waals surface area contributed by atoms with E-state index in [9.17, 15) is 9.18 Å². The highest BCUT2D eigenvalue weighted by atomic mass is 32.2. The molecule has 1 aliphatic rings. The largest absolute Gasteiger partial charge is 0.376 e. The molecule has 0 spiro atoms. The Bertz CT molecular complexity index is 951. The number of thiophene rings is 1. The zero-order chi connectivity index (χ0) is 20.2. The summed E-state index contributed by atoms with van der Waals surface area (Å²) in [5.74, 6) is -0.420. The van der Waals surface area contributed by atoms with Crippen LogP contribution < -0.4 is 0 Å². The maximum atomic E-state index is 13.6. The molecule has 0 saturated carbocycles. The molecular formula is C21H22FN3O2S2. The molecule has 29 heavy (non-hydrogen) atoms. The molecule has 1 atom stereocenters. The second-order valence-electron chi connectivity index (χ2n) is 6.84. The minimum Gasteiger partial charge on any atom is -0.376 e. The number of nitrogens with zero attached hydrogens (tertiary/aromatic N) is 3. The number of imidazole rings is 1. The quantitative estimate of drug-likeness (QED) is 0.513. The molecular weight excluding hydrogens is 409 g/mol. The van der Waals surface area contributed by atoms with Crippen LogP contribution in [0.1, 0.15) is 28.2 Å². The average Bonchev–Trinajstić information content (AvgIpc) is 3.49. The van der Waals surface area contributed by atoms with Gasteiger partial charge in [0.1, 0.15) is 11.5 Å². The Morgan fingerprint density at radius 1 is 1.38 bits per heavy atom. The number of hydrogen-bond donors (Lipinski definition) is 0. The van der Waals surface area contributed by atoms with Crippen LogP contribution in [-0.4, -0.2) is 45.9 Å². The van der Waals surface area contributed by atoms with Crippen molar-refractivity contribution >= 4 is 29.0 Å². The van der Waals surface area contributed by atoms with E-state index in [0.29, 0.717) is 29.6 Å². The van der Waals surface area contributed by atoms with E-state index in [1.807, 2.05) is 28.7 Å². The highest BCUT2D eigenvalue weighted by Gasteiger charge is 2.27. The normalized spacial score (nSPS) is 16.3. The molecule has 5 nitrogen and oxygen atoms in total. The number of amides is 1. The Morgan fingerprint density at radius 2 is 2.21 bits per heavy atom. The van der Waals surface area contributed by atoms with Crippen LogP contribution in [0.4, 0.5) is 4.39 Å². The molecule has 1 aromatic carbocycles. The molecule has 1 unspecified atom stereocenters. The SMILES string of the molecule is CSc1ncc(C(=O)N(Cc2cccs2)CC2CCCO2)n1-c1ccc(F)cc1. The van der Waals surface area contributed by atoms with Gasteiger partial charge in [-0.05, 0) is 54.8 Å².